The molecule has 0 spiro atoms. The zero-order valence-corrected chi connectivity index (χ0v) is 13.4. The van der Waals surface area contributed by atoms with Gasteiger partial charge in [0.2, 0.25) is 0 Å². The van der Waals surface area contributed by atoms with Crippen molar-refractivity contribution in [3.8, 4) is 0 Å². The van der Waals surface area contributed by atoms with Crippen LogP contribution in [0.15, 0.2) is 24.5 Å². The largest absolute Gasteiger partial charge is 0.393 e. The fraction of sp³-hybridized carbons (Fsp3) is 0.538. The third-order valence-corrected chi connectivity index (χ3v) is 5.59. The molecule has 1 saturated heterocycles. The normalized spacial score (nSPS) is 16.4. The summed E-state index contributed by atoms with van der Waals surface area (Å²) in [6.45, 7) is 1.75. The van der Waals surface area contributed by atoms with Gasteiger partial charge < -0.3 is 5.73 Å². The second-order valence-corrected chi connectivity index (χ2v) is 7.48. The topological polar surface area (TPSA) is 79.5 Å². The molecular weight excluding hydrogens is 308 g/mol. The van der Waals surface area contributed by atoms with E-state index in [-0.39, 0.29) is 6.54 Å². The Hall–Kier alpha value is -1.09. The van der Waals surface area contributed by atoms with Crippen molar-refractivity contribution in [2.75, 3.05) is 19.6 Å². The number of nitrogens with zero attached hydrogens (tertiary/aromatic N) is 3. The number of hydrogen-bond acceptors (Lipinski definition) is 4. The van der Waals surface area contributed by atoms with Crippen molar-refractivity contribution in [2.45, 2.75) is 25.8 Å². The second kappa shape index (κ2) is 7.26. The predicted molar refractivity (Wildman–Crippen MR) is 85.8 cm³/mol. The summed E-state index contributed by atoms with van der Waals surface area (Å²) in [6, 6.07) is 3.66. The molecule has 2 rings (SSSR count). The Bertz CT molecular complexity index is 571. The first kappa shape index (κ1) is 16.3. The van der Waals surface area contributed by atoms with Gasteiger partial charge in [0.05, 0.1) is 4.99 Å². The van der Waals surface area contributed by atoms with Crippen LogP contribution in [0.2, 0.25) is 0 Å². The first-order valence-corrected chi connectivity index (χ1v) is 8.73. The molecular formula is C13H20N4O2S2. The van der Waals surface area contributed by atoms with Crippen LogP contribution in [0.4, 0.5) is 0 Å². The Morgan fingerprint density at radius 2 is 2.14 bits per heavy atom. The van der Waals surface area contributed by atoms with E-state index in [0.717, 1.165) is 18.4 Å². The number of rotatable bonds is 7. The average molecular weight is 328 g/mol. The minimum Gasteiger partial charge on any atom is -0.393 e. The fourth-order valence-electron chi connectivity index (χ4n) is 2.29. The lowest BCUT2D eigenvalue weighted by molar-refractivity contribution is 0.360. The number of aromatic nitrogens is 1. The molecule has 1 aromatic rings. The highest BCUT2D eigenvalue weighted by Crippen LogP contribution is 2.19. The van der Waals surface area contributed by atoms with Crippen LogP contribution in [0.3, 0.4) is 0 Å². The van der Waals surface area contributed by atoms with Crippen molar-refractivity contribution in [1.82, 2.24) is 13.6 Å². The molecule has 8 heteroatoms. The molecule has 0 unspecified atom stereocenters. The van der Waals surface area contributed by atoms with Crippen LogP contribution >= 0.6 is 12.2 Å². The predicted octanol–water partition coefficient (Wildman–Crippen LogP) is 0.900. The van der Waals surface area contributed by atoms with Crippen LogP contribution in [-0.2, 0) is 16.8 Å². The third kappa shape index (κ3) is 4.44. The van der Waals surface area contributed by atoms with Gasteiger partial charge in [-0.3, -0.25) is 4.98 Å². The van der Waals surface area contributed by atoms with E-state index >= 15 is 0 Å². The van der Waals surface area contributed by atoms with Crippen LogP contribution in [-0.4, -0.2) is 46.6 Å². The number of pyridine rings is 1. The molecule has 6 nitrogen and oxygen atoms in total. The molecule has 2 heterocycles. The van der Waals surface area contributed by atoms with E-state index in [4.69, 9.17) is 18.0 Å². The van der Waals surface area contributed by atoms with Gasteiger partial charge in [0.25, 0.3) is 10.2 Å². The zero-order chi connectivity index (χ0) is 15.3. The van der Waals surface area contributed by atoms with E-state index in [0.29, 0.717) is 31.0 Å². The summed E-state index contributed by atoms with van der Waals surface area (Å²) in [5.41, 5.74) is 6.37. The van der Waals surface area contributed by atoms with Gasteiger partial charge in [0, 0.05) is 45.0 Å². The van der Waals surface area contributed by atoms with E-state index in [9.17, 15) is 8.42 Å². The van der Waals surface area contributed by atoms with E-state index < -0.39 is 10.2 Å². The molecule has 0 amide bonds. The Morgan fingerprint density at radius 3 is 2.71 bits per heavy atom. The highest BCUT2D eigenvalue weighted by molar-refractivity contribution is 7.86. The fourth-order valence-corrected chi connectivity index (χ4v) is 4.06. The summed E-state index contributed by atoms with van der Waals surface area (Å²) in [6.07, 6.45) is 5.54. The van der Waals surface area contributed by atoms with Crippen molar-refractivity contribution < 1.29 is 8.42 Å². The monoisotopic (exact) mass is 328 g/mol. The molecule has 116 valence electrons. The number of nitrogens with two attached hydrogens (primary N) is 1. The zero-order valence-electron chi connectivity index (χ0n) is 11.8. The van der Waals surface area contributed by atoms with Crippen LogP contribution in [0.1, 0.15) is 24.8 Å². The van der Waals surface area contributed by atoms with Crippen LogP contribution in [0.5, 0.6) is 0 Å². The van der Waals surface area contributed by atoms with Crippen LogP contribution < -0.4 is 5.73 Å². The Morgan fingerprint density at radius 1 is 1.43 bits per heavy atom. The molecule has 2 N–H and O–H groups in total. The van der Waals surface area contributed by atoms with Gasteiger partial charge in [-0.05, 0) is 24.5 Å². The van der Waals surface area contributed by atoms with Gasteiger partial charge in [-0.2, -0.15) is 17.0 Å². The minimum absolute atomic E-state index is 0.287. The summed E-state index contributed by atoms with van der Waals surface area (Å²) < 4.78 is 28.4. The van der Waals surface area contributed by atoms with Crippen molar-refractivity contribution in [3.63, 3.8) is 0 Å². The highest BCUT2D eigenvalue weighted by Gasteiger charge is 2.31. The van der Waals surface area contributed by atoms with E-state index in [2.05, 4.69) is 4.98 Å². The van der Waals surface area contributed by atoms with Crippen LogP contribution in [0, 0.1) is 0 Å². The van der Waals surface area contributed by atoms with E-state index in [1.807, 2.05) is 6.07 Å². The summed E-state index contributed by atoms with van der Waals surface area (Å²) in [5.74, 6) is 0. The van der Waals surface area contributed by atoms with Crippen molar-refractivity contribution in [2.24, 2.45) is 5.73 Å². The molecule has 0 bridgehead atoms. The molecule has 1 aliphatic heterocycles. The van der Waals surface area contributed by atoms with Crippen molar-refractivity contribution in [1.29, 1.82) is 0 Å². The SMILES string of the molecule is NC(=S)CCN(Cc1cccnc1)S(=O)(=O)N1CCCC1. The lowest BCUT2D eigenvalue weighted by atomic mass is 10.3. The first-order chi connectivity index (χ1) is 10.00. The average Bonchev–Trinajstić information content (AvgIpc) is 2.99. The molecule has 1 aromatic heterocycles. The van der Waals surface area contributed by atoms with Crippen LogP contribution in [0.25, 0.3) is 0 Å². The number of thiocarbonyl (C=S) groups is 1. The third-order valence-electron chi connectivity index (χ3n) is 3.41. The Labute approximate surface area is 131 Å². The molecule has 0 atom stereocenters. The Kier molecular flexibility index (Phi) is 5.63. The Balaban J connectivity index is 2.16. The highest BCUT2D eigenvalue weighted by atomic mass is 32.2. The standard InChI is InChI=1S/C13H20N4O2S2/c14-13(20)5-9-17(11-12-4-3-6-15-10-12)21(18,19)16-7-1-2-8-16/h3-4,6,10H,1-2,5,7-9,11H2,(H2,14,20). The van der Waals surface area contributed by atoms with Gasteiger partial charge >= 0.3 is 0 Å². The lowest BCUT2D eigenvalue weighted by Crippen LogP contribution is -2.43. The van der Waals surface area contributed by atoms with Gasteiger partial charge in [-0.25, -0.2) is 0 Å². The smallest absolute Gasteiger partial charge is 0.282 e. The molecule has 0 saturated carbocycles. The maximum absolute atomic E-state index is 12.7. The van der Waals surface area contributed by atoms with Crippen molar-refractivity contribution >= 4 is 27.4 Å². The summed E-state index contributed by atoms with van der Waals surface area (Å²) in [4.78, 5) is 4.35. The van der Waals surface area contributed by atoms with Crippen molar-refractivity contribution in [3.05, 3.63) is 30.1 Å². The van der Waals surface area contributed by atoms with Gasteiger partial charge in [-0.15, -0.1) is 0 Å². The van der Waals surface area contributed by atoms with E-state index in [1.165, 1.54) is 8.61 Å². The number of hydrogen-bond donors (Lipinski definition) is 1. The maximum atomic E-state index is 12.7. The van der Waals surface area contributed by atoms with E-state index in [1.54, 1.807) is 18.5 Å². The summed E-state index contributed by atoms with van der Waals surface area (Å²) in [5, 5.41) is 0. The summed E-state index contributed by atoms with van der Waals surface area (Å²) in [7, 11) is -3.47. The minimum atomic E-state index is -3.47. The molecule has 0 aliphatic carbocycles. The quantitative estimate of drug-likeness (QED) is 0.752. The molecule has 1 aliphatic rings. The van der Waals surface area contributed by atoms with Gasteiger partial charge in [0.15, 0.2) is 0 Å². The first-order valence-electron chi connectivity index (χ1n) is 6.92. The molecule has 21 heavy (non-hydrogen) atoms. The molecule has 0 aromatic carbocycles. The molecule has 1 fully saturated rings. The molecule has 0 radical (unpaired) electrons. The van der Waals surface area contributed by atoms with Gasteiger partial charge in [0.1, 0.15) is 0 Å². The second-order valence-electron chi connectivity index (χ2n) is 5.03. The lowest BCUT2D eigenvalue weighted by Gasteiger charge is -2.27. The summed E-state index contributed by atoms with van der Waals surface area (Å²) >= 11 is 4.87. The maximum Gasteiger partial charge on any atom is 0.282 e. The van der Waals surface area contributed by atoms with Gasteiger partial charge in [-0.1, -0.05) is 18.3 Å².